The van der Waals surface area contributed by atoms with Crippen molar-refractivity contribution < 1.29 is 4.39 Å². The Morgan fingerprint density at radius 1 is 1.35 bits per heavy atom. The average molecular weight is 449 g/mol. The number of hydrogen-bond donors (Lipinski definition) is 1. The molecule has 2 aromatic rings. The first kappa shape index (κ1) is 15.9. The summed E-state index contributed by atoms with van der Waals surface area (Å²) in [5.74, 6) is -0.285. The fraction of sp³-hybridized carbons (Fsp3) is 0.267. The molecule has 1 heterocycles. The minimum atomic E-state index is -0.285. The van der Waals surface area contributed by atoms with Crippen molar-refractivity contribution in [1.29, 1.82) is 0 Å². The number of aromatic nitrogens is 1. The summed E-state index contributed by atoms with van der Waals surface area (Å²) in [6, 6.07) is 7.64. The lowest BCUT2D eigenvalue weighted by Crippen LogP contribution is -2.24. The fourth-order valence-corrected chi connectivity index (χ4v) is 3.02. The van der Waals surface area contributed by atoms with Crippen LogP contribution in [0.1, 0.15) is 30.5 Å². The van der Waals surface area contributed by atoms with E-state index in [1.54, 1.807) is 12.3 Å². The summed E-state index contributed by atoms with van der Waals surface area (Å²) in [5.41, 5.74) is 1.66. The van der Waals surface area contributed by atoms with E-state index in [0.29, 0.717) is 5.56 Å². The third-order valence-electron chi connectivity index (χ3n) is 2.98. The summed E-state index contributed by atoms with van der Waals surface area (Å²) in [4.78, 5) is 3.83. The Labute approximate surface area is 140 Å². The highest BCUT2D eigenvalue weighted by molar-refractivity contribution is 14.1. The van der Waals surface area contributed by atoms with E-state index in [1.807, 2.05) is 12.1 Å². The number of benzene rings is 1. The van der Waals surface area contributed by atoms with E-state index in [9.17, 15) is 4.39 Å². The second kappa shape index (κ2) is 7.47. The van der Waals surface area contributed by atoms with Crippen molar-refractivity contribution >= 4 is 38.5 Å². The molecule has 20 heavy (non-hydrogen) atoms. The lowest BCUT2D eigenvalue weighted by Gasteiger charge is -2.21. The molecule has 1 N–H and O–H groups in total. The number of hydrogen-bond acceptors (Lipinski definition) is 2. The summed E-state index contributed by atoms with van der Waals surface area (Å²) in [5, 5.41) is 3.41. The van der Waals surface area contributed by atoms with Gasteiger partial charge in [-0.1, -0.05) is 22.9 Å². The lowest BCUT2D eigenvalue weighted by molar-refractivity contribution is 0.542. The van der Waals surface area contributed by atoms with Gasteiger partial charge in [-0.15, -0.1) is 0 Å². The molecule has 0 saturated heterocycles. The maximum Gasteiger partial charge on any atom is 0.146 e. The van der Waals surface area contributed by atoms with Gasteiger partial charge in [-0.2, -0.15) is 0 Å². The van der Waals surface area contributed by atoms with Crippen LogP contribution in [0.2, 0.25) is 0 Å². The van der Waals surface area contributed by atoms with Crippen molar-refractivity contribution in [1.82, 2.24) is 10.3 Å². The molecule has 0 spiro atoms. The molecule has 0 aliphatic rings. The Morgan fingerprint density at radius 2 is 2.15 bits per heavy atom. The van der Waals surface area contributed by atoms with Crippen LogP contribution in [0.15, 0.2) is 41.1 Å². The molecular weight excluding hydrogens is 434 g/mol. The van der Waals surface area contributed by atoms with E-state index < -0.39 is 0 Å². The second-order valence-electron chi connectivity index (χ2n) is 4.45. The monoisotopic (exact) mass is 448 g/mol. The average Bonchev–Trinajstić information content (AvgIpc) is 2.44. The lowest BCUT2D eigenvalue weighted by atomic mass is 9.99. The zero-order valence-electron chi connectivity index (χ0n) is 11.0. The van der Waals surface area contributed by atoms with Gasteiger partial charge in [0.05, 0.1) is 12.2 Å². The van der Waals surface area contributed by atoms with E-state index in [-0.39, 0.29) is 11.9 Å². The topological polar surface area (TPSA) is 24.9 Å². The van der Waals surface area contributed by atoms with Crippen LogP contribution in [0, 0.1) is 9.39 Å². The zero-order valence-corrected chi connectivity index (χ0v) is 14.8. The summed E-state index contributed by atoms with van der Waals surface area (Å²) in [7, 11) is 0. The van der Waals surface area contributed by atoms with Gasteiger partial charge in [-0.05, 0) is 65.4 Å². The number of halogens is 3. The Bertz CT molecular complexity index is 592. The summed E-state index contributed by atoms with van der Waals surface area (Å²) >= 11 is 5.83. The minimum absolute atomic E-state index is 0.179. The Hall–Kier alpha value is -0.530. The molecule has 5 heteroatoms. The molecule has 1 aromatic heterocycles. The molecule has 1 atom stereocenters. The highest BCUT2D eigenvalue weighted by Gasteiger charge is 2.19. The molecule has 0 amide bonds. The standard InChI is InChI=1S/C15H15BrFIN2/c1-2-6-20-15(11-5-7-19-9-14(11)17)12-8-10(18)3-4-13(12)16/h3-5,7-9,15,20H,2,6H2,1H3. The van der Waals surface area contributed by atoms with E-state index in [1.165, 1.54) is 6.20 Å². The van der Waals surface area contributed by atoms with Gasteiger partial charge in [0, 0.05) is 19.8 Å². The van der Waals surface area contributed by atoms with Crippen LogP contribution in [-0.4, -0.2) is 11.5 Å². The van der Waals surface area contributed by atoms with Crippen LogP contribution >= 0.6 is 38.5 Å². The second-order valence-corrected chi connectivity index (χ2v) is 6.55. The molecule has 0 fully saturated rings. The van der Waals surface area contributed by atoms with Gasteiger partial charge in [-0.25, -0.2) is 4.39 Å². The molecule has 0 aliphatic carbocycles. The molecule has 0 bridgehead atoms. The van der Waals surface area contributed by atoms with Gasteiger partial charge in [-0.3, -0.25) is 4.98 Å². The molecule has 1 unspecified atom stereocenters. The summed E-state index contributed by atoms with van der Waals surface area (Å²) in [6.45, 7) is 2.92. The molecule has 0 saturated carbocycles. The Morgan fingerprint density at radius 3 is 2.85 bits per heavy atom. The van der Waals surface area contributed by atoms with Crippen molar-refractivity contribution in [3.05, 3.63) is 61.6 Å². The first-order valence-corrected chi connectivity index (χ1v) is 8.28. The number of rotatable bonds is 5. The van der Waals surface area contributed by atoms with Gasteiger partial charge < -0.3 is 5.32 Å². The van der Waals surface area contributed by atoms with Crippen molar-refractivity contribution in [2.45, 2.75) is 19.4 Å². The molecule has 0 radical (unpaired) electrons. The third kappa shape index (κ3) is 3.77. The largest absolute Gasteiger partial charge is 0.306 e. The van der Waals surface area contributed by atoms with Gasteiger partial charge >= 0.3 is 0 Å². The normalized spacial score (nSPS) is 12.4. The van der Waals surface area contributed by atoms with Crippen molar-refractivity contribution in [2.24, 2.45) is 0 Å². The van der Waals surface area contributed by atoms with Gasteiger partial charge in [0.25, 0.3) is 0 Å². The van der Waals surface area contributed by atoms with Crippen molar-refractivity contribution in [3.63, 3.8) is 0 Å². The van der Waals surface area contributed by atoms with E-state index >= 15 is 0 Å². The number of nitrogens with one attached hydrogen (secondary N) is 1. The maximum absolute atomic E-state index is 14.1. The molecular formula is C15H15BrFIN2. The van der Waals surface area contributed by atoms with Gasteiger partial charge in [0.1, 0.15) is 5.82 Å². The van der Waals surface area contributed by atoms with Crippen LogP contribution in [0.4, 0.5) is 4.39 Å². The SMILES string of the molecule is CCCNC(c1ccncc1F)c1cc(I)ccc1Br. The highest BCUT2D eigenvalue weighted by Crippen LogP contribution is 2.31. The van der Waals surface area contributed by atoms with Gasteiger partial charge in [0.2, 0.25) is 0 Å². The zero-order chi connectivity index (χ0) is 14.5. The summed E-state index contributed by atoms with van der Waals surface area (Å²) < 4.78 is 16.2. The minimum Gasteiger partial charge on any atom is -0.306 e. The molecule has 2 nitrogen and oxygen atoms in total. The Balaban J connectivity index is 2.47. The van der Waals surface area contributed by atoms with Crippen LogP contribution in [0.3, 0.4) is 0 Å². The first-order chi connectivity index (χ1) is 9.63. The predicted molar refractivity (Wildman–Crippen MR) is 91.2 cm³/mol. The molecule has 1 aromatic carbocycles. The summed E-state index contributed by atoms with van der Waals surface area (Å²) in [6.07, 6.45) is 3.88. The van der Waals surface area contributed by atoms with E-state index in [0.717, 1.165) is 26.6 Å². The van der Waals surface area contributed by atoms with Crippen LogP contribution in [0.5, 0.6) is 0 Å². The molecule has 2 rings (SSSR count). The fourth-order valence-electron chi connectivity index (χ4n) is 2.03. The molecule has 0 aliphatic heterocycles. The van der Waals surface area contributed by atoms with Gasteiger partial charge in [0.15, 0.2) is 0 Å². The third-order valence-corrected chi connectivity index (χ3v) is 4.38. The smallest absolute Gasteiger partial charge is 0.146 e. The van der Waals surface area contributed by atoms with Crippen molar-refractivity contribution in [2.75, 3.05) is 6.54 Å². The van der Waals surface area contributed by atoms with Crippen LogP contribution < -0.4 is 5.32 Å². The quantitative estimate of drug-likeness (QED) is 0.672. The van der Waals surface area contributed by atoms with E-state index in [4.69, 9.17) is 0 Å². The van der Waals surface area contributed by atoms with Crippen LogP contribution in [-0.2, 0) is 0 Å². The molecule has 106 valence electrons. The highest BCUT2D eigenvalue weighted by atomic mass is 127. The predicted octanol–water partition coefficient (Wildman–Crippen LogP) is 4.68. The van der Waals surface area contributed by atoms with Crippen molar-refractivity contribution in [3.8, 4) is 0 Å². The number of nitrogens with zero attached hydrogens (tertiary/aromatic N) is 1. The maximum atomic E-state index is 14.1. The van der Waals surface area contributed by atoms with Crippen LogP contribution in [0.25, 0.3) is 0 Å². The first-order valence-electron chi connectivity index (χ1n) is 6.41. The van der Waals surface area contributed by atoms with E-state index in [2.05, 4.69) is 61.8 Å². The number of pyridine rings is 1. The Kier molecular flexibility index (Phi) is 5.92.